The van der Waals surface area contributed by atoms with Crippen molar-refractivity contribution in [1.82, 2.24) is 0 Å². The van der Waals surface area contributed by atoms with Gasteiger partial charge in [0, 0.05) is 9.35 Å². The Morgan fingerprint density at radius 2 is 2.00 bits per heavy atom. The fourth-order valence-electron chi connectivity index (χ4n) is 1.98. The fourth-order valence-corrected chi connectivity index (χ4v) is 4.59. The van der Waals surface area contributed by atoms with Gasteiger partial charge in [0.25, 0.3) is 0 Å². The molecule has 0 saturated heterocycles. The van der Waals surface area contributed by atoms with E-state index >= 15 is 0 Å². The second-order valence-corrected chi connectivity index (χ2v) is 7.44. The van der Waals surface area contributed by atoms with Gasteiger partial charge in [-0.1, -0.05) is 12.8 Å². The number of hydrogen-bond acceptors (Lipinski definition) is 1. The van der Waals surface area contributed by atoms with Crippen LogP contribution in [0.1, 0.15) is 35.9 Å². The van der Waals surface area contributed by atoms with Gasteiger partial charge in [-0.15, -0.1) is 22.9 Å². The first-order valence-electron chi connectivity index (χ1n) is 4.77. The first-order valence-corrected chi connectivity index (χ1v) is 7.61. The van der Waals surface area contributed by atoms with Crippen LogP contribution in [-0.4, -0.2) is 0 Å². The summed E-state index contributed by atoms with van der Waals surface area (Å²) in [6.07, 6.45) is 5.28. The van der Waals surface area contributed by atoms with Gasteiger partial charge in [-0.05, 0) is 56.7 Å². The number of alkyl halides is 1. The van der Waals surface area contributed by atoms with E-state index in [9.17, 15) is 0 Å². The minimum atomic E-state index is 0.213. The zero-order chi connectivity index (χ0) is 10.1. The third-order valence-corrected chi connectivity index (χ3v) is 6.81. The smallest absolute Gasteiger partial charge is 0.0843 e. The van der Waals surface area contributed by atoms with E-state index in [1.807, 2.05) is 0 Å². The number of hydrogen-bond donors (Lipinski definition) is 0. The van der Waals surface area contributed by atoms with Crippen molar-refractivity contribution in [3.8, 4) is 0 Å². The first kappa shape index (κ1) is 11.4. The topological polar surface area (TPSA) is 0 Å². The van der Waals surface area contributed by atoms with Crippen LogP contribution in [0.2, 0.25) is 0 Å². The maximum absolute atomic E-state index is 6.47. The lowest BCUT2D eigenvalue weighted by Gasteiger charge is -2.14. The molecule has 1 aromatic rings. The highest BCUT2D eigenvalue weighted by Gasteiger charge is 2.26. The van der Waals surface area contributed by atoms with Crippen LogP contribution in [0.5, 0.6) is 0 Å². The molecule has 1 aliphatic carbocycles. The van der Waals surface area contributed by atoms with E-state index in [4.69, 9.17) is 11.6 Å². The summed E-state index contributed by atoms with van der Waals surface area (Å²) in [5.74, 6) is 0.689. The van der Waals surface area contributed by atoms with E-state index < -0.39 is 0 Å². The molecule has 0 nitrogen and oxygen atoms in total. The molecule has 1 atom stereocenters. The van der Waals surface area contributed by atoms with Gasteiger partial charge in [-0.2, -0.15) is 0 Å². The van der Waals surface area contributed by atoms with Gasteiger partial charge in [0.2, 0.25) is 0 Å². The van der Waals surface area contributed by atoms with Crippen LogP contribution in [0.4, 0.5) is 0 Å². The molecule has 0 aromatic carbocycles. The van der Waals surface area contributed by atoms with Crippen LogP contribution in [0, 0.1) is 5.92 Å². The Bertz CT molecular complexity index is 298. The molecule has 1 aliphatic rings. The third kappa shape index (κ3) is 2.37. The lowest BCUT2D eigenvalue weighted by Crippen LogP contribution is -2.00. The second-order valence-electron chi connectivity index (χ2n) is 3.72. The molecule has 1 saturated carbocycles. The van der Waals surface area contributed by atoms with Crippen molar-refractivity contribution < 1.29 is 0 Å². The highest BCUT2D eigenvalue weighted by atomic mass is 79.9. The molecule has 0 N–H and O–H groups in total. The summed E-state index contributed by atoms with van der Waals surface area (Å²) in [7, 11) is 0. The van der Waals surface area contributed by atoms with E-state index in [-0.39, 0.29) is 5.38 Å². The molecule has 0 spiro atoms. The Morgan fingerprint density at radius 1 is 1.36 bits per heavy atom. The molecule has 1 aromatic heterocycles. The molecule has 1 unspecified atom stereocenters. The van der Waals surface area contributed by atoms with E-state index in [0.717, 1.165) is 8.26 Å². The molecule has 1 fully saturated rings. The average Bonchev–Trinajstić information content (AvgIpc) is 2.76. The van der Waals surface area contributed by atoms with Crippen LogP contribution in [0.3, 0.4) is 0 Å². The Hall–Kier alpha value is 0.950. The summed E-state index contributed by atoms with van der Waals surface area (Å²) < 4.78 is 2.28. The Kier molecular flexibility index (Phi) is 3.97. The van der Waals surface area contributed by atoms with Crippen molar-refractivity contribution in [1.29, 1.82) is 0 Å². The van der Waals surface area contributed by atoms with Crippen LogP contribution in [-0.2, 0) is 0 Å². The highest BCUT2D eigenvalue weighted by Crippen LogP contribution is 2.45. The molecule has 2 rings (SSSR count). The van der Waals surface area contributed by atoms with Gasteiger partial charge >= 0.3 is 0 Å². The minimum absolute atomic E-state index is 0.213. The van der Waals surface area contributed by atoms with E-state index in [1.54, 1.807) is 11.3 Å². The molecule has 4 heteroatoms. The van der Waals surface area contributed by atoms with Crippen molar-refractivity contribution in [3.63, 3.8) is 0 Å². The summed E-state index contributed by atoms with van der Waals surface area (Å²) >= 11 is 15.2. The van der Waals surface area contributed by atoms with Crippen LogP contribution < -0.4 is 0 Å². The highest BCUT2D eigenvalue weighted by molar-refractivity contribution is 9.13. The third-order valence-electron chi connectivity index (χ3n) is 2.75. The van der Waals surface area contributed by atoms with Crippen molar-refractivity contribution in [2.75, 3.05) is 0 Å². The molecule has 1 heterocycles. The standard InChI is InChI=1S/C10H11Br2ClS/c11-7-5-8(14-10(7)12)9(13)6-3-1-2-4-6/h5-6,9H,1-4H2. The maximum atomic E-state index is 6.47. The van der Waals surface area contributed by atoms with E-state index in [0.29, 0.717) is 5.92 Å². The Morgan fingerprint density at radius 3 is 2.50 bits per heavy atom. The first-order chi connectivity index (χ1) is 6.68. The molecule has 0 bridgehead atoms. The monoisotopic (exact) mass is 356 g/mol. The van der Waals surface area contributed by atoms with Crippen LogP contribution in [0.25, 0.3) is 0 Å². The summed E-state index contributed by atoms with van der Waals surface area (Å²) in [6, 6.07) is 2.14. The zero-order valence-corrected chi connectivity index (χ0v) is 12.3. The predicted octanol–water partition coefficient (Wildman–Crippen LogP) is 5.74. The van der Waals surface area contributed by atoms with E-state index in [1.165, 1.54) is 30.6 Å². The van der Waals surface area contributed by atoms with Crippen LogP contribution >= 0.6 is 54.8 Å². The normalized spacial score (nSPS) is 20.2. The van der Waals surface area contributed by atoms with Gasteiger partial charge < -0.3 is 0 Å². The second kappa shape index (κ2) is 4.86. The molecule has 78 valence electrons. The number of thiophene rings is 1. The summed E-state index contributed by atoms with van der Waals surface area (Å²) in [6.45, 7) is 0. The fraction of sp³-hybridized carbons (Fsp3) is 0.600. The molecule has 0 radical (unpaired) electrons. The number of halogens is 3. The van der Waals surface area contributed by atoms with Gasteiger partial charge in [0.1, 0.15) is 0 Å². The van der Waals surface area contributed by atoms with Gasteiger partial charge in [0.05, 0.1) is 9.16 Å². The molecule has 0 aliphatic heterocycles. The average molecular weight is 359 g/mol. The molecular weight excluding hydrogens is 347 g/mol. The predicted molar refractivity (Wildman–Crippen MR) is 70.3 cm³/mol. The summed E-state index contributed by atoms with van der Waals surface area (Å²) in [4.78, 5) is 1.29. The van der Waals surface area contributed by atoms with Crippen molar-refractivity contribution in [2.45, 2.75) is 31.1 Å². The van der Waals surface area contributed by atoms with Gasteiger partial charge in [0.15, 0.2) is 0 Å². The largest absolute Gasteiger partial charge is 0.130 e. The summed E-state index contributed by atoms with van der Waals surface area (Å²) in [5, 5.41) is 0.213. The van der Waals surface area contributed by atoms with E-state index in [2.05, 4.69) is 37.9 Å². The lowest BCUT2D eigenvalue weighted by atomic mass is 10.0. The quantitative estimate of drug-likeness (QED) is 0.591. The Labute approximate surface area is 110 Å². The SMILES string of the molecule is ClC(c1cc(Br)c(Br)s1)C1CCCC1. The Balaban J connectivity index is 2.13. The van der Waals surface area contributed by atoms with Crippen molar-refractivity contribution in [2.24, 2.45) is 5.92 Å². The van der Waals surface area contributed by atoms with Gasteiger partial charge in [-0.25, -0.2) is 0 Å². The molecular formula is C10H11Br2ClS. The number of rotatable bonds is 2. The minimum Gasteiger partial charge on any atom is -0.130 e. The zero-order valence-electron chi connectivity index (χ0n) is 7.60. The maximum Gasteiger partial charge on any atom is 0.0843 e. The van der Waals surface area contributed by atoms with Crippen molar-refractivity contribution in [3.05, 3.63) is 19.2 Å². The molecule has 0 amide bonds. The summed E-state index contributed by atoms with van der Waals surface area (Å²) in [5.41, 5.74) is 0. The molecule has 14 heavy (non-hydrogen) atoms. The van der Waals surface area contributed by atoms with Crippen LogP contribution in [0.15, 0.2) is 14.3 Å². The lowest BCUT2D eigenvalue weighted by molar-refractivity contribution is 0.533. The van der Waals surface area contributed by atoms with Crippen molar-refractivity contribution >= 4 is 54.8 Å². The van der Waals surface area contributed by atoms with Gasteiger partial charge in [-0.3, -0.25) is 0 Å².